The molecule has 0 amide bonds. The molecule has 7 heteroatoms. The van der Waals surface area contributed by atoms with Crippen LogP contribution in [0.3, 0.4) is 0 Å². The number of thiocarbonyl (C=S) groups is 1. The van der Waals surface area contributed by atoms with E-state index in [9.17, 15) is 14.6 Å². The third kappa shape index (κ3) is 2.35. The first kappa shape index (κ1) is 13.7. The molecule has 2 atom stereocenters. The zero-order chi connectivity index (χ0) is 13.4. The Morgan fingerprint density at radius 3 is 2.44 bits per heavy atom. The second kappa shape index (κ2) is 5.08. The summed E-state index contributed by atoms with van der Waals surface area (Å²) in [6.07, 6.45) is -1.73. The van der Waals surface area contributed by atoms with Crippen LogP contribution in [0, 0.1) is 5.82 Å². The Hall–Kier alpha value is -0.760. The topological polar surface area (TPSA) is 69.7 Å². The SMILES string of the molecule is NC(=S)c1ccc(N2CC(O)C(O)C2)c(F)c1Br. The summed E-state index contributed by atoms with van der Waals surface area (Å²) in [5.74, 6) is -0.499. The van der Waals surface area contributed by atoms with Gasteiger partial charge in [0.15, 0.2) is 5.82 Å². The largest absolute Gasteiger partial charge is 0.389 e. The minimum atomic E-state index is -0.863. The molecule has 98 valence electrons. The molecule has 0 bridgehead atoms. The van der Waals surface area contributed by atoms with E-state index < -0.39 is 18.0 Å². The van der Waals surface area contributed by atoms with Crippen molar-refractivity contribution in [1.29, 1.82) is 0 Å². The number of halogens is 2. The fourth-order valence-electron chi connectivity index (χ4n) is 1.94. The fourth-order valence-corrected chi connectivity index (χ4v) is 2.79. The highest BCUT2D eigenvalue weighted by atomic mass is 79.9. The van der Waals surface area contributed by atoms with Crippen LogP contribution < -0.4 is 10.6 Å². The Morgan fingerprint density at radius 1 is 1.39 bits per heavy atom. The van der Waals surface area contributed by atoms with Crippen LogP contribution in [-0.4, -0.2) is 40.5 Å². The predicted octanol–water partition coefficient (Wildman–Crippen LogP) is 0.764. The molecule has 2 rings (SSSR count). The van der Waals surface area contributed by atoms with Crippen molar-refractivity contribution in [2.75, 3.05) is 18.0 Å². The van der Waals surface area contributed by atoms with Gasteiger partial charge in [-0.1, -0.05) is 12.2 Å². The lowest BCUT2D eigenvalue weighted by Crippen LogP contribution is -2.23. The van der Waals surface area contributed by atoms with Gasteiger partial charge in [-0.25, -0.2) is 4.39 Å². The first-order valence-corrected chi connectivity index (χ1v) is 6.50. The van der Waals surface area contributed by atoms with Crippen LogP contribution in [0.15, 0.2) is 16.6 Å². The number of nitrogens with zero attached hydrogens (tertiary/aromatic N) is 1. The maximum Gasteiger partial charge on any atom is 0.161 e. The van der Waals surface area contributed by atoms with E-state index in [-0.39, 0.29) is 22.6 Å². The highest BCUT2D eigenvalue weighted by Crippen LogP contribution is 2.31. The summed E-state index contributed by atoms with van der Waals surface area (Å²) in [6, 6.07) is 3.15. The molecule has 1 heterocycles. The van der Waals surface area contributed by atoms with E-state index in [4.69, 9.17) is 18.0 Å². The Labute approximate surface area is 117 Å². The quantitative estimate of drug-likeness (QED) is 0.697. The molecule has 0 aliphatic carbocycles. The van der Waals surface area contributed by atoms with Gasteiger partial charge in [-0.15, -0.1) is 0 Å². The highest BCUT2D eigenvalue weighted by Gasteiger charge is 2.31. The summed E-state index contributed by atoms with van der Waals surface area (Å²) in [5, 5.41) is 18.9. The monoisotopic (exact) mass is 334 g/mol. The van der Waals surface area contributed by atoms with Crippen LogP contribution in [0.2, 0.25) is 0 Å². The molecule has 0 aromatic heterocycles. The van der Waals surface area contributed by atoms with Crippen molar-refractivity contribution in [2.45, 2.75) is 12.2 Å². The molecule has 0 spiro atoms. The molecule has 1 aromatic carbocycles. The molecule has 4 nitrogen and oxygen atoms in total. The summed E-state index contributed by atoms with van der Waals surface area (Å²) in [5.41, 5.74) is 6.20. The van der Waals surface area contributed by atoms with Crippen LogP contribution in [0.5, 0.6) is 0 Å². The van der Waals surface area contributed by atoms with Crippen molar-refractivity contribution in [1.82, 2.24) is 0 Å². The van der Waals surface area contributed by atoms with Gasteiger partial charge in [0, 0.05) is 18.7 Å². The Bertz CT molecular complexity index is 490. The second-order valence-electron chi connectivity index (χ2n) is 4.16. The molecule has 1 saturated heterocycles. The highest BCUT2D eigenvalue weighted by molar-refractivity contribution is 9.10. The minimum Gasteiger partial charge on any atom is -0.389 e. The van der Waals surface area contributed by atoms with Crippen LogP contribution in [0.1, 0.15) is 5.56 Å². The molecule has 2 unspecified atom stereocenters. The molecule has 0 saturated carbocycles. The predicted molar refractivity (Wildman–Crippen MR) is 74.2 cm³/mol. The lowest BCUT2D eigenvalue weighted by atomic mass is 10.2. The average Bonchev–Trinajstić information content (AvgIpc) is 2.62. The number of hydrogen-bond donors (Lipinski definition) is 3. The van der Waals surface area contributed by atoms with Crippen LogP contribution in [0.25, 0.3) is 0 Å². The van der Waals surface area contributed by atoms with E-state index in [1.807, 2.05) is 0 Å². The normalized spacial score (nSPS) is 23.4. The van der Waals surface area contributed by atoms with Crippen molar-refractivity contribution in [3.05, 3.63) is 28.0 Å². The summed E-state index contributed by atoms with van der Waals surface area (Å²) in [4.78, 5) is 1.69. The van der Waals surface area contributed by atoms with Crippen molar-refractivity contribution >= 4 is 38.8 Å². The molecule has 1 aliphatic rings. The van der Waals surface area contributed by atoms with Crippen molar-refractivity contribution in [2.24, 2.45) is 5.73 Å². The molecule has 1 fully saturated rings. The second-order valence-corrected chi connectivity index (χ2v) is 5.40. The van der Waals surface area contributed by atoms with Gasteiger partial charge in [-0.2, -0.15) is 0 Å². The number of hydrogen-bond acceptors (Lipinski definition) is 4. The van der Waals surface area contributed by atoms with Crippen molar-refractivity contribution < 1.29 is 14.6 Å². The van der Waals surface area contributed by atoms with E-state index in [1.54, 1.807) is 17.0 Å². The van der Waals surface area contributed by atoms with Gasteiger partial charge in [0.2, 0.25) is 0 Å². The number of benzene rings is 1. The smallest absolute Gasteiger partial charge is 0.161 e. The zero-order valence-corrected chi connectivity index (χ0v) is 11.7. The van der Waals surface area contributed by atoms with E-state index in [0.29, 0.717) is 11.3 Å². The molecule has 4 N–H and O–H groups in total. The van der Waals surface area contributed by atoms with Crippen molar-refractivity contribution in [3.8, 4) is 0 Å². The summed E-state index contributed by atoms with van der Waals surface area (Å²) in [6.45, 7) is 0.383. The van der Waals surface area contributed by atoms with Gasteiger partial charge >= 0.3 is 0 Å². The van der Waals surface area contributed by atoms with E-state index in [2.05, 4.69) is 15.9 Å². The first-order valence-electron chi connectivity index (χ1n) is 5.30. The standard InChI is InChI=1S/C11H12BrFN2O2S/c12-9-5(11(14)18)1-2-6(10(9)13)15-3-7(16)8(17)4-15/h1-2,7-8,16-17H,3-4H2,(H2,14,18). The molecular formula is C11H12BrFN2O2S. The van der Waals surface area contributed by atoms with E-state index in [0.717, 1.165) is 0 Å². The third-order valence-electron chi connectivity index (χ3n) is 2.93. The van der Waals surface area contributed by atoms with Crippen LogP contribution in [0.4, 0.5) is 10.1 Å². The maximum absolute atomic E-state index is 14.2. The summed E-state index contributed by atoms with van der Waals surface area (Å²) >= 11 is 7.93. The molecule has 1 aromatic rings. The number of aliphatic hydroxyl groups is 2. The number of β-amino-alcohol motifs (C(OH)–C–C–N with tert-alkyl or cyclic N) is 2. The maximum atomic E-state index is 14.2. The summed E-state index contributed by atoms with van der Waals surface area (Å²) < 4.78 is 14.4. The molecular weight excluding hydrogens is 323 g/mol. The van der Waals surface area contributed by atoms with Crippen LogP contribution >= 0.6 is 28.1 Å². The third-order valence-corrected chi connectivity index (χ3v) is 3.92. The lowest BCUT2D eigenvalue weighted by molar-refractivity contribution is 0.0572. The van der Waals surface area contributed by atoms with E-state index in [1.165, 1.54) is 0 Å². The number of rotatable bonds is 2. The van der Waals surface area contributed by atoms with Gasteiger partial charge < -0.3 is 20.8 Å². The number of anilines is 1. The fraction of sp³-hybridized carbons (Fsp3) is 0.364. The van der Waals surface area contributed by atoms with E-state index >= 15 is 0 Å². The zero-order valence-electron chi connectivity index (χ0n) is 9.31. The molecule has 18 heavy (non-hydrogen) atoms. The Morgan fingerprint density at radius 2 is 1.94 bits per heavy atom. The van der Waals surface area contributed by atoms with Gasteiger partial charge in [0.05, 0.1) is 22.4 Å². The Kier molecular flexibility index (Phi) is 3.86. The van der Waals surface area contributed by atoms with Crippen LogP contribution in [-0.2, 0) is 0 Å². The van der Waals surface area contributed by atoms with Crippen molar-refractivity contribution in [3.63, 3.8) is 0 Å². The average molecular weight is 335 g/mol. The molecule has 1 aliphatic heterocycles. The first-order chi connectivity index (χ1) is 8.41. The lowest BCUT2D eigenvalue weighted by Gasteiger charge is -2.19. The number of nitrogens with two attached hydrogens (primary N) is 1. The molecule has 0 radical (unpaired) electrons. The summed E-state index contributed by atoms with van der Waals surface area (Å²) in [7, 11) is 0. The van der Waals surface area contributed by atoms with Gasteiger partial charge in [-0.05, 0) is 28.1 Å². The van der Waals surface area contributed by atoms with Gasteiger partial charge in [0.1, 0.15) is 4.99 Å². The van der Waals surface area contributed by atoms with Gasteiger partial charge in [0.25, 0.3) is 0 Å². The minimum absolute atomic E-state index is 0.105. The number of aliphatic hydroxyl groups excluding tert-OH is 2. The van der Waals surface area contributed by atoms with Gasteiger partial charge in [-0.3, -0.25) is 0 Å². The Balaban J connectivity index is 2.36.